The lowest BCUT2D eigenvalue weighted by atomic mass is 9.82. The fraction of sp³-hybridized carbons (Fsp3) is 0.684. The molecule has 0 aromatic carbocycles. The Morgan fingerprint density at radius 2 is 1.52 bits per heavy atom. The molecule has 1 atom stereocenters. The van der Waals surface area contributed by atoms with E-state index >= 15 is 0 Å². The second-order valence-electron chi connectivity index (χ2n) is 6.75. The molecule has 1 aliphatic carbocycles. The van der Waals surface area contributed by atoms with Gasteiger partial charge < -0.3 is 20.4 Å². The van der Waals surface area contributed by atoms with Crippen molar-refractivity contribution in [2.24, 2.45) is 0 Å². The molecular weight excluding hydrogens is 324 g/mol. The highest BCUT2D eigenvalue weighted by Crippen LogP contribution is 2.33. The van der Waals surface area contributed by atoms with Gasteiger partial charge in [-0.2, -0.15) is 0 Å². The normalized spacial score (nSPS) is 20.5. The Balaban J connectivity index is 2.39. The molecule has 0 aliphatic heterocycles. The highest BCUT2D eigenvalue weighted by atomic mass is 16.4. The van der Waals surface area contributed by atoms with E-state index in [2.05, 4.69) is 6.92 Å². The van der Waals surface area contributed by atoms with Crippen LogP contribution in [0.15, 0.2) is 23.2 Å². The first-order valence-corrected chi connectivity index (χ1v) is 9.15. The Hall–Kier alpha value is -1.82. The van der Waals surface area contributed by atoms with Gasteiger partial charge in [-0.1, -0.05) is 58.3 Å². The van der Waals surface area contributed by atoms with Crippen molar-refractivity contribution in [3.8, 4) is 0 Å². The number of hydrogen-bond donors (Lipinski definition) is 4. The number of carboxylic acid groups (broad SMARTS) is 1. The van der Waals surface area contributed by atoms with Gasteiger partial charge in [0.2, 0.25) is 0 Å². The van der Waals surface area contributed by atoms with Crippen LogP contribution in [0.4, 0.5) is 0 Å². The van der Waals surface area contributed by atoms with Crippen LogP contribution < -0.4 is 0 Å². The number of hydrogen-bond acceptors (Lipinski definition) is 5. The number of aliphatic carboxylic acids is 1. The minimum atomic E-state index is -2.34. The van der Waals surface area contributed by atoms with Gasteiger partial charge in [0.05, 0.1) is 0 Å². The summed E-state index contributed by atoms with van der Waals surface area (Å²) >= 11 is 0. The summed E-state index contributed by atoms with van der Waals surface area (Å²) < 4.78 is 0. The minimum Gasteiger partial charge on any atom is -0.506 e. The Morgan fingerprint density at radius 3 is 2.04 bits per heavy atom. The SMILES string of the molecule is CCCCCCCCCCCC(=O)C1(O)CC(C(=O)O)=CC(O)=C1O. The van der Waals surface area contributed by atoms with E-state index in [9.17, 15) is 24.9 Å². The molecule has 1 unspecified atom stereocenters. The molecule has 1 aliphatic rings. The second kappa shape index (κ2) is 10.2. The number of rotatable bonds is 12. The zero-order valence-electron chi connectivity index (χ0n) is 15.0. The number of carbonyl (C=O) groups is 2. The van der Waals surface area contributed by atoms with Crippen molar-refractivity contribution in [2.45, 2.75) is 83.2 Å². The first-order chi connectivity index (χ1) is 11.8. The summed E-state index contributed by atoms with van der Waals surface area (Å²) in [5.41, 5.74) is -2.65. The van der Waals surface area contributed by atoms with Gasteiger partial charge in [0.15, 0.2) is 22.9 Å². The molecule has 1 rings (SSSR count). The third-order valence-corrected chi connectivity index (χ3v) is 4.63. The van der Waals surface area contributed by atoms with E-state index in [0.717, 1.165) is 25.3 Å². The maximum atomic E-state index is 12.3. The first kappa shape index (κ1) is 21.2. The van der Waals surface area contributed by atoms with E-state index < -0.39 is 35.3 Å². The molecular formula is C19H30O6. The lowest BCUT2D eigenvalue weighted by Gasteiger charge is -2.29. The Kier molecular flexibility index (Phi) is 8.69. The Morgan fingerprint density at radius 1 is 1.00 bits per heavy atom. The Bertz CT molecular complexity index is 534. The number of unbranched alkanes of at least 4 members (excludes halogenated alkanes) is 8. The van der Waals surface area contributed by atoms with E-state index in [-0.39, 0.29) is 12.0 Å². The molecule has 0 aromatic rings. The maximum absolute atomic E-state index is 12.3. The van der Waals surface area contributed by atoms with Crippen LogP contribution in [0.3, 0.4) is 0 Å². The van der Waals surface area contributed by atoms with Crippen LogP contribution in [0.2, 0.25) is 0 Å². The van der Waals surface area contributed by atoms with Gasteiger partial charge >= 0.3 is 5.97 Å². The lowest BCUT2D eigenvalue weighted by Crippen LogP contribution is -2.44. The van der Waals surface area contributed by atoms with Gasteiger partial charge in [0.25, 0.3) is 0 Å². The number of Topliss-reactive ketones (excluding diaryl/α,β-unsaturated/α-hetero) is 1. The number of aliphatic hydroxyl groups excluding tert-OH is 2. The average Bonchev–Trinajstić information content (AvgIpc) is 2.57. The molecule has 0 saturated heterocycles. The van der Waals surface area contributed by atoms with Crippen LogP contribution in [-0.4, -0.2) is 37.8 Å². The highest BCUT2D eigenvalue weighted by molar-refractivity contribution is 5.95. The molecule has 0 aromatic heterocycles. The van der Waals surface area contributed by atoms with E-state index in [1.807, 2.05) is 0 Å². The molecule has 0 fully saturated rings. The number of aliphatic hydroxyl groups is 3. The minimum absolute atomic E-state index is 0.0383. The molecule has 142 valence electrons. The Labute approximate surface area is 148 Å². The van der Waals surface area contributed by atoms with Crippen LogP contribution in [0.25, 0.3) is 0 Å². The molecule has 6 nitrogen and oxygen atoms in total. The number of carbonyl (C=O) groups excluding carboxylic acids is 1. The van der Waals surface area contributed by atoms with Crippen LogP contribution >= 0.6 is 0 Å². The third-order valence-electron chi connectivity index (χ3n) is 4.63. The van der Waals surface area contributed by atoms with Crippen LogP contribution in [0.1, 0.15) is 77.6 Å². The van der Waals surface area contributed by atoms with Crippen molar-refractivity contribution in [1.82, 2.24) is 0 Å². The summed E-state index contributed by atoms with van der Waals surface area (Å²) in [4.78, 5) is 23.3. The largest absolute Gasteiger partial charge is 0.506 e. The number of carboxylic acids is 1. The molecule has 0 radical (unpaired) electrons. The van der Waals surface area contributed by atoms with Crippen molar-refractivity contribution in [3.63, 3.8) is 0 Å². The summed E-state index contributed by atoms with van der Waals surface area (Å²) in [6, 6.07) is 0. The predicted molar refractivity (Wildman–Crippen MR) is 94.4 cm³/mol. The number of ketones is 1. The third kappa shape index (κ3) is 6.20. The predicted octanol–water partition coefficient (Wildman–Crippen LogP) is 3.95. The van der Waals surface area contributed by atoms with Crippen molar-refractivity contribution in [2.75, 3.05) is 0 Å². The molecule has 6 heteroatoms. The van der Waals surface area contributed by atoms with Gasteiger partial charge in [-0.25, -0.2) is 4.79 Å². The second-order valence-corrected chi connectivity index (χ2v) is 6.75. The van der Waals surface area contributed by atoms with E-state index in [1.165, 1.54) is 32.1 Å². The van der Waals surface area contributed by atoms with Crippen LogP contribution in [0.5, 0.6) is 0 Å². The highest BCUT2D eigenvalue weighted by Gasteiger charge is 2.45. The van der Waals surface area contributed by atoms with Gasteiger partial charge in [0, 0.05) is 18.4 Å². The zero-order valence-corrected chi connectivity index (χ0v) is 15.0. The van der Waals surface area contributed by atoms with Gasteiger partial charge in [-0.05, 0) is 12.5 Å². The van der Waals surface area contributed by atoms with Crippen LogP contribution in [-0.2, 0) is 9.59 Å². The molecule has 4 N–H and O–H groups in total. The topological polar surface area (TPSA) is 115 Å². The zero-order chi connectivity index (χ0) is 18.9. The quantitative estimate of drug-likeness (QED) is 0.394. The number of allylic oxidation sites excluding steroid dienone is 1. The molecule has 0 heterocycles. The fourth-order valence-electron chi connectivity index (χ4n) is 3.03. The first-order valence-electron chi connectivity index (χ1n) is 9.15. The van der Waals surface area contributed by atoms with Crippen LogP contribution in [0, 0.1) is 0 Å². The summed E-state index contributed by atoms with van der Waals surface area (Å²) in [6.45, 7) is 2.18. The van der Waals surface area contributed by atoms with Crippen molar-refractivity contribution >= 4 is 11.8 Å². The maximum Gasteiger partial charge on any atom is 0.331 e. The molecule has 0 saturated carbocycles. The fourth-order valence-corrected chi connectivity index (χ4v) is 3.03. The van der Waals surface area contributed by atoms with E-state index in [4.69, 9.17) is 5.11 Å². The van der Waals surface area contributed by atoms with E-state index in [0.29, 0.717) is 6.42 Å². The van der Waals surface area contributed by atoms with Crippen molar-refractivity contribution in [3.05, 3.63) is 23.2 Å². The molecule has 0 bridgehead atoms. The molecule has 25 heavy (non-hydrogen) atoms. The van der Waals surface area contributed by atoms with Gasteiger partial charge in [0.1, 0.15) is 0 Å². The lowest BCUT2D eigenvalue weighted by molar-refractivity contribution is -0.139. The van der Waals surface area contributed by atoms with Gasteiger partial charge in [-0.3, -0.25) is 4.79 Å². The summed E-state index contributed by atoms with van der Waals surface area (Å²) in [6.07, 6.45) is 10.1. The smallest absolute Gasteiger partial charge is 0.331 e. The summed E-state index contributed by atoms with van der Waals surface area (Å²) in [5, 5.41) is 38.8. The van der Waals surface area contributed by atoms with E-state index in [1.54, 1.807) is 0 Å². The van der Waals surface area contributed by atoms with Gasteiger partial charge in [-0.15, -0.1) is 0 Å². The average molecular weight is 354 g/mol. The van der Waals surface area contributed by atoms with Crippen molar-refractivity contribution < 1.29 is 30.0 Å². The molecule has 0 spiro atoms. The standard InChI is InChI=1S/C19H30O6/c1-2-3-4-5-6-7-8-9-10-11-16(21)19(25)13-14(18(23)24)12-15(20)17(19)22/h12,20,22,25H,2-11,13H2,1H3,(H,23,24). The molecule has 0 amide bonds. The summed E-state index contributed by atoms with van der Waals surface area (Å²) in [7, 11) is 0. The summed E-state index contributed by atoms with van der Waals surface area (Å²) in [5.74, 6) is -3.63. The monoisotopic (exact) mass is 354 g/mol. The van der Waals surface area contributed by atoms with Crippen molar-refractivity contribution in [1.29, 1.82) is 0 Å².